The molecular formula is C11H19NO3. The number of rotatable bonds is 5. The Morgan fingerprint density at radius 2 is 2.00 bits per heavy atom. The van der Waals surface area contributed by atoms with E-state index < -0.39 is 12.0 Å². The molecule has 0 saturated heterocycles. The molecule has 0 aromatic carbocycles. The van der Waals surface area contributed by atoms with Crippen molar-refractivity contribution >= 4 is 11.9 Å². The third-order valence-corrected chi connectivity index (χ3v) is 2.99. The number of hydrogen-bond acceptors (Lipinski definition) is 2. The number of carbonyl (C=O) groups excluding carboxylic acids is 1. The van der Waals surface area contributed by atoms with Gasteiger partial charge in [0, 0.05) is 6.42 Å². The fourth-order valence-corrected chi connectivity index (χ4v) is 2.07. The zero-order valence-electron chi connectivity index (χ0n) is 9.16. The third kappa shape index (κ3) is 3.90. The maximum absolute atomic E-state index is 11.5. The summed E-state index contributed by atoms with van der Waals surface area (Å²) in [5.74, 6) is -0.593. The van der Waals surface area contributed by atoms with Crippen molar-refractivity contribution in [3.05, 3.63) is 0 Å². The molecule has 0 aliphatic heterocycles. The number of carbonyl (C=O) groups is 2. The van der Waals surface area contributed by atoms with Crippen molar-refractivity contribution < 1.29 is 14.7 Å². The van der Waals surface area contributed by atoms with Gasteiger partial charge in [-0.05, 0) is 25.2 Å². The minimum Gasteiger partial charge on any atom is -0.480 e. The molecule has 2 N–H and O–H groups in total. The van der Waals surface area contributed by atoms with E-state index in [2.05, 4.69) is 5.32 Å². The van der Waals surface area contributed by atoms with Crippen molar-refractivity contribution in [2.75, 3.05) is 0 Å². The van der Waals surface area contributed by atoms with E-state index in [-0.39, 0.29) is 5.91 Å². The quantitative estimate of drug-likeness (QED) is 0.728. The Bertz CT molecular complexity index is 234. The molecule has 1 amide bonds. The van der Waals surface area contributed by atoms with Crippen LogP contribution in [0, 0.1) is 5.92 Å². The lowest BCUT2D eigenvalue weighted by Gasteiger charge is -2.14. The van der Waals surface area contributed by atoms with Crippen LogP contribution in [0.4, 0.5) is 0 Å². The first-order valence-electron chi connectivity index (χ1n) is 5.65. The summed E-state index contributed by atoms with van der Waals surface area (Å²) in [6, 6.07) is -0.723. The number of nitrogens with one attached hydrogen (secondary N) is 1. The van der Waals surface area contributed by atoms with Gasteiger partial charge in [-0.15, -0.1) is 0 Å². The van der Waals surface area contributed by atoms with Crippen molar-refractivity contribution in [3.8, 4) is 0 Å². The second-order valence-corrected chi connectivity index (χ2v) is 4.22. The molecule has 0 aromatic heterocycles. The van der Waals surface area contributed by atoms with Gasteiger partial charge in [-0.1, -0.05) is 19.8 Å². The lowest BCUT2D eigenvalue weighted by Crippen LogP contribution is -2.40. The molecule has 1 atom stereocenters. The molecule has 1 unspecified atom stereocenters. The Morgan fingerprint density at radius 3 is 2.47 bits per heavy atom. The summed E-state index contributed by atoms with van der Waals surface area (Å²) < 4.78 is 0. The van der Waals surface area contributed by atoms with Crippen molar-refractivity contribution in [2.45, 2.75) is 51.5 Å². The van der Waals surface area contributed by atoms with Gasteiger partial charge in [0.15, 0.2) is 0 Å². The van der Waals surface area contributed by atoms with Gasteiger partial charge in [0.1, 0.15) is 6.04 Å². The normalized spacial score (nSPS) is 18.7. The van der Waals surface area contributed by atoms with E-state index in [1.54, 1.807) is 6.92 Å². The summed E-state index contributed by atoms with van der Waals surface area (Å²) in [6.45, 7) is 1.76. The first-order chi connectivity index (χ1) is 7.13. The minimum absolute atomic E-state index is 0.115. The summed E-state index contributed by atoms with van der Waals surface area (Å²) in [5.41, 5.74) is 0. The molecule has 0 spiro atoms. The number of carboxylic acid groups (broad SMARTS) is 1. The number of aliphatic carboxylic acids is 1. The van der Waals surface area contributed by atoms with Gasteiger partial charge < -0.3 is 10.4 Å². The lowest BCUT2D eigenvalue weighted by molar-refractivity contribution is -0.142. The average molecular weight is 213 g/mol. The molecule has 1 aliphatic rings. The largest absolute Gasteiger partial charge is 0.480 e. The van der Waals surface area contributed by atoms with Gasteiger partial charge in [0.05, 0.1) is 0 Å². The van der Waals surface area contributed by atoms with Gasteiger partial charge in [-0.25, -0.2) is 4.79 Å². The molecule has 0 bridgehead atoms. The number of carboxylic acids is 1. The van der Waals surface area contributed by atoms with E-state index >= 15 is 0 Å². The molecule has 1 aliphatic carbocycles. The van der Waals surface area contributed by atoms with Gasteiger partial charge in [0.2, 0.25) is 5.91 Å². The van der Waals surface area contributed by atoms with E-state index in [0.717, 1.165) is 12.8 Å². The summed E-state index contributed by atoms with van der Waals surface area (Å²) >= 11 is 0. The molecule has 4 nitrogen and oxygen atoms in total. The first-order valence-corrected chi connectivity index (χ1v) is 5.65. The Kier molecular flexibility index (Phi) is 4.59. The lowest BCUT2D eigenvalue weighted by atomic mass is 10.0. The van der Waals surface area contributed by atoms with Crippen LogP contribution >= 0.6 is 0 Å². The first kappa shape index (κ1) is 12.0. The van der Waals surface area contributed by atoms with Gasteiger partial charge >= 0.3 is 5.97 Å². The minimum atomic E-state index is -0.947. The van der Waals surface area contributed by atoms with Crippen LogP contribution in [0.1, 0.15) is 45.4 Å². The summed E-state index contributed by atoms with van der Waals surface area (Å²) in [4.78, 5) is 22.2. The topological polar surface area (TPSA) is 66.4 Å². The molecule has 1 rings (SSSR count). The van der Waals surface area contributed by atoms with Crippen molar-refractivity contribution in [2.24, 2.45) is 5.92 Å². The number of amides is 1. The third-order valence-electron chi connectivity index (χ3n) is 2.99. The van der Waals surface area contributed by atoms with Crippen LogP contribution in [-0.4, -0.2) is 23.0 Å². The second kappa shape index (κ2) is 5.73. The SMILES string of the molecule is CCC(NC(=O)CC1CCCC1)C(=O)O. The van der Waals surface area contributed by atoms with E-state index in [9.17, 15) is 9.59 Å². The standard InChI is InChI=1S/C11H19NO3/c1-2-9(11(14)15)12-10(13)7-8-5-3-4-6-8/h8-9H,2-7H2,1H3,(H,12,13)(H,14,15). The Morgan fingerprint density at radius 1 is 1.40 bits per heavy atom. The molecule has 0 radical (unpaired) electrons. The highest BCUT2D eigenvalue weighted by Gasteiger charge is 2.22. The van der Waals surface area contributed by atoms with E-state index in [4.69, 9.17) is 5.11 Å². The maximum Gasteiger partial charge on any atom is 0.326 e. The zero-order valence-corrected chi connectivity index (χ0v) is 9.16. The van der Waals surface area contributed by atoms with Crippen LogP contribution in [-0.2, 0) is 9.59 Å². The summed E-state index contributed by atoms with van der Waals surface area (Å²) in [5, 5.41) is 11.3. The highest BCUT2D eigenvalue weighted by atomic mass is 16.4. The molecule has 1 saturated carbocycles. The highest BCUT2D eigenvalue weighted by molar-refractivity contribution is 5.83. The monoisotopic (exact) mass is 213 g/mol. The highest BCUT2D eigenvalue weighted by Crippen LogP contribution is 2.27. The molecule has 0 heterocycles. The summed E-state index contributed by atoms with van der Waals surface area (Å²) in [6.07, 6.45) is 5.55. The fourth-order valence-electron chi connectivity index (χ4n) is 2.07. The van der Waals surface area contributed by atoms with E-state index in [0.29, 0.717) is 18.8 Å². The molecule has 4 heteroatoms. The van der Waals surface area contributed by atoms with Gasteiger partial charge in [-0.3, -0.25) is 4.79 Å². The fraction of sp³-hybridized carbons (Fsp3) is 0.818. The molecule has 15 heavy (non-hydrogen) atoms. The van der Waals surface area contributed by atoms with Gasteiger partial charge in [0.25, 0.3) is 0 Å². The predicted octanol–water partition coefficient (Wildman–Crippen LogP) is 1.55. The van der Waals surface area contributed by atoms with Crippen LogP contribution in [0.15, 0.2) is 0 Å². The van der Waals surface area contributed by atoms with Gasteiger partial charge in [-0.2, -0.15) is 0 Å². The molecule has 1 fully saturated rings. The Balaban J connectivity index is 2.30. The van der Waals surface area contributed by atoms with Crippen molar-refractivity contribution in [3.63, 3.8) is 0 Å². The molecule has 0 aromatic rings. The van der Waals surface area contributed by atoms with Crippen molar-refractivity contribution in [1.82, 2.24) is 5.32 Å². The van der Waals surface area contributed by atoms with Crippen LogP contribution < -0.4 is 5.32 Å². The van der Waals surface area contributed by atoms with E-state index in [1.807, 2.05) is 0 Å². The summed E-state index contributed by atoms with van der Waals surface area (Å²) in [7, 11) is 0. The Hall–Kier alpha value is -1.06. The van der Waals surface area contributed by atoms with Crippen LogP contribution in [0.3, 0.4) is 0 Å². The number of hydrogen-bond donors (Lipinski definition) is 2. The van der Waals surface area contributed by atoms with Crippen molar-refractivity contribution in [1.29, 1.82) is 0 Å². The van der Waals surface area contributed by atoms with Crippen LogP contribution in [0.25, 0.3) is 0 Å². The Labute approximate surface area is 90.0 Å². The molecule has 86 valence electrons. The van der Waals surface area contributed by atoms with Crippen LogP contribution in [0.2, 0.25) is 0 Å². The van der Waals surface area contributed by atoms with E-state index in [1.165, 1.54) is 12.8 Å². The predicted molar refractivity (Wildman–Crippen MR) is 56.4 cm³/mol. The molecular weight excluding hydrogens is 194 g/mol. The zero-order chi connectivity index (χ0) is 11.3. The smallest absolute Gasteiger partial charge is 0.326 e. The van der Waals surface area contributed by atoms with Crippen LogP contribution in [0.5, 0.6) is 0 Å². The maximum atomic E-state index is 11.5. The second-order valence-electron chi connectivity index (χ2n) is 4.22. The average Bonchev–Trinajstić information content (AvgIpc) is 2.66.